The van der Waals surface area contributed by atoms with E-state index in [1.54, 1.807) is 5.51 Å². The molecule has 0 aliphatic carbocycles. The normalized spacial score (nSPS) is 21.0. The third-order valence-corrected chi connectivity index (χ3v) is 3.84. The Balaban J connectivity index is 1.85. The molecule has 0 radical (unpaired) electrons. The van der Waals surface area contributed by atoms with Crippen LogP contribution in [0.15, 0.2) is 16.4 Å². The third-order valence-electron chi connectivity index (χ3n) is 3.17. The lowest BCUT2D eigenvalue weighted by atomic mass is 10.2. The fourth-order valence-corrected chi connectivity index (χ4v) is 2.80. The molecule has 102 valence electrons. The summed E-state index contributed by atoms with van der Waals surface area (Å²) in [6.07, 6.45) is 0. The molecule has 1 saturated heterocycles. The molecule has 1 atom stereocenters. The second kappa shape index (κ2) is 5.33. The molecule has 1 fully saturated rings. The predicted molar refractivity (Wildman–Crippen MR) is 69.2 cm³/mol. The van der Waals surface area contributed by atoms with Gasteiger partial charge in [-0.1, -0.05) is 11.3 Å². The van der Waals surface area contributed by atoms with Crippen LogP contribution in [-0.2, 0) is 11.3 Å². The van der Waals surface area contributed by atoms with E-state index in [1.807, 2.05) is 0 Å². The number of hydrogen-bond acceptors (Lipinski definition) is 7. The summed E-state index contributed by atoms with van der Waals surface area (Å²) >= 11 is 1.33. The summed E-state index contributed by atoms with van der Waals surface area (Å²) in [5.41, 5.74) is 2.13. The van der Waals surface area contributed by atoms with Crippen LogP contribution in [-0.4, -0.2) is 57.0 Å². The van der Waals surface area contributed by atoms with Crippen molar-refractivity contribution < 1.29 is 9.84 Å². The number of aliphatic hydroxyl groups is 1. The first-order valence-electron chi connectivity index (χ1n) is 6.03. The lowest BCUT2D eigenvalue weighted by Gasteiger charge is -2.33. The van der Waals surface area contributed by atoms with Crippen LogP contribution in [0.1, 0.15) is 5.69 Å². The Morgan fingerprint density at radius 1 is 1.58 bits per heavy atom. The highest BCUT2D eigenvalue weighted by atomic mass is 32.1. The molecule has 8 heteroatoms. The van der Waals surface area contributed by atoms with Gasteiger partial charge in [0.05, 0.1) is 31.6 Å². The van der Waals surface area contributed by atoms with E-state index in [-0.39, 0.29) is 18.2 Å². The molecule has 7 nitrogen and oxygen atoms in total. The summed E-state index contributed by atoms with van der Waals surface area (Å²) in [6.45, 7) is 2.46. The van der Waals surface area contributed by atoms with Crippen LogP contribution >= 0.6 is 11.3 Å². The molecule has 2 aromatic rings. The Bertz CT molecular complexity index is 626. The van der Waals surface area contributed by atoms with Crippen LogP contribution in [0, 0.1) is 0 Å². The highest BCUT2D eigenvalue weighted by Gasteiger charge is 2.23. The second-order valence-corrected chi connectivity index (χ2v) is 5.21. The average molecular weight is 282 g/mol. The maximum atomic E-state index is 11.8. The molecule has 1 unspecified atom stereocenters. The Morgan fingerprint density at radius 3 is 3.32 bits per heavy atom. The van der Waals surface area contributed by atoms with Crippen molar-refractivity contribution in [3.8, 4) is 0 Å². The van der Waals surface area contributed by atoms with Gasteiger partial charge in [-0.05, 0) is 0 Å². The van der Waals surface area contributed by atoms with Crippen LogP contribution < -0.4 is 5.56 Å². The lowest BCUT2D eigenvalue weighted by molar-refractivity contribution is -0.0317. The fourth-order valence-electron chi connectivity index (χ4n) is 2.16. The maximum Gasteiger partial charge on any atom is 0.275 e. The summed E-state index contributed by atoms with van der Waals surface area (Å²) in [4.78, 5) is 18.9. The van der Waals surface area contributed by atoms with E-state index in [1.165, 1.54) is 21.9 Å². The largest absolute Gasteiger partial charge is 0.395 e. The molecule has 0 amide bonds. The Kier molecular flexibility index (Phi) is 3.56. The van der Waals surface area contributed by atoms with Crippen molar-refractivity contribution in [2.45, 2.75) is 12.6 Å². The number of morpholine rings is 1. The highest BCUT2D eigenvalue weighted by molar-refractivity contribution is 7.14. The van der Waals surface area contributed by atoms with Gasteiger partial charge in [-0.25, -0.2) is 4.98 Å². The molecule has 1 N–H and O–H groups in total. The molecular formula is C11H14N4O3S. The number of ether oxygens (including phenoxy) is 1. The Hall–Kier alpha value is -1.35. The summed E-state index contributed by atoms with van der Waals surface area (Å²) in [7, 11) is 0. The molecule has 3 heterocycles. The number of hydrogen-bond donors (Lipinski definition) is 1. The number of fused-ring (bicyclic) bond motifs is 1. The van der Waals surface area contributed by atoms with E-state index < -0.39 is 0 Å². The molecule has 1 aliphatic heterocycles. The molecule has 0 bridgehead atoms. The van der Waals surface area contributed by atoms with Crippen LogP contribution in [0.5, 0.6) is 0 Å². The molecule has 3 rings (SSSR count). The average Bonchev–Trinajstić information content (AvgIpc) is 2.88. The zero-order chi connectivity index (χ0) is 13.2. The van der Waals surface area contributed by atoms with Gasteiger partial charge in [0.25, 0.3) is 5.56 Å². The summed E-state index contributed by atoms with van der Waals surface area (Å²) in [6, 6.07) is 1.46. The van der Waals surface area contributed by atoms with Gasteiger partial charge < -0.3 is 9.84 Å². The maximum absolute atomic E-state index is 11.8. The summed E-state index contributed by atoms with van der Waals surface area (Å²) < 4.78 is 6.62. The topological polar surface area (TPSA) is 80.0 Å². The van der Waals surface area contributed by atoms with Gasteiger partial charge in [0.2, 0.25) is 4.96 Å². The number of aliphatic hydroxyl groups excluding tert-OH is 1. The minimum absolute atomic E-state index is 0.0320. The molecule has 2 aromatic heterocycles. The van der Waals surface area contributed by atoms with Gasteiger partial charge in [0, 0.05) is 19.2 Å². The number of aromatic nitrogens is 3. The van der Waals surface area contributed by atoms with E-state index in [4.69, 9.17) is 4.74 Å². The Morgan fingerprint density at radius 2 is 2.47 bits per heavy atom. The van der Waals surface area contributed by atoms with Gasteiger partial charge >= 0.3 is 0 Å². The van der Waals surface area contributed by atoms with Crippen LogP contribution in [0.3, 0.4) is 0 Å². The molecule has 0 spiro atoms. The van der Waals surface area contributed by atoms with E-state index in [2.05, 4.69) is 15.0 Å². The Labute approximate surface area is 113 Å². The van der Waals surface area contributed by atoms with Crippen LogP contribution in [0.4, 0.5) is 0 Å². The molecular weight excluding hydrogens is 268 g/mol. The molecule has 0 aromatic carbocycles. The molecule has 19 heavy (non-hydrogen) atoms. The monoisotopic (exact) mass is 282 g/mol. The van der Waals surface area contributed by atoms with Crippen molar-refractivity contribution in [3.05, 3.63) is 27.6 Å². The van der Waals surface area contributed by atoms with Crippen molar-refractivity contribution in [1.82, 2.24) is 19.5 Å². The number of nitrogens with zero attached hydrogens (tertiary/aromatic N) is 4. The van der Waals surface area contributed by atoms with Gasteiger partial charge in [0.15, 0.2) is 0 Å². The first-order chi connectivity index (χ1) is 9.28. The molecule has 0 saturated carbocycles. The lowest BCUT2D eigenvalue weighted by Crippen LogP contribution is -2.47. The van der Waals surface area contributed by atoms with Gasteiger partial charge in [-0.3, -0.25) is 9.69 Å². The quantitative estimate of drug-likeness (QED) is 0.805. The van der Waals surface area contributed by atoms with E-state index >= 15 is 0 Å². The minimum atomic E-state index is -0.171. The highest BCUT2D eigenvalue weighted by Crippen LogP contribution is 2.11. The summed E-state index contributed by atoms with van der Waals surface area (Å²) in [5, 5.41) is 13.2. The zero-order valence-electron chi connectivity index (χ0n) is 10.2. The zero-order valence-corrected chi connectivity index (χ0v) is 11.0. The SMILES string of the molecule is O=c1cc(CN2CCOCC2CO)nc2scnn12. The van der Waals surface area contributed by atoms with E-state index in [9.17, 15) is 9.90 Å². The fraction of sp³-hybridized carbons (Fsp3) is 0.545. The molecule has 1 aliphatic rings. The smallest absolute Gasteiger partial charge is 0.275 e. The van der Waals surface area contributed by atoms with Crippen molar-refractivity contribution in [2.75, 3.05) is 26.4 Å². The third kappa shape index (κ3) is 2.52. The second-order valence-electron chi connectivity index (χ2n) is 4.40. The van der Waals surface area contributed by atoms with Crippen LogP contribution in [0.25, 0.3) is 4.96 Å². The first-order valence-corrected chi connectivity index (χ1v) is 6.91. The van der Waals surface area contributed by atoms with E-state index in [0.717, 1.165) is 6.54 Å². The van der Waals surface area contributed by atoms with Crippen molar-refractivity contribution in [3.63, 3.8) is 0 Å². The van der Waals surface area contributed by atoms with E-state index in [0.29, 0.717) is 30.4 Å². The van der Waals surface area contributed by atoms with Gasteiger partial charge in [0.1, 0.15) is 5.51 Å². The standard InChI is InChI=1S/C11H14N4O3S/c16-5-9-6-18-2-1-14(9)4-8-3-10(17)15-11(13-8)19-7-12-15/h3,7,9,16H,1-2,4-6H2. The van der Waals surface area contributed by atoms with Crippen LogP contribution in [0.2, 0.25) is 0 Å². The summed E-state index contributed by atoms with van der Waals surface area (Å²) in [5.74, 6) is 0. The van der Waals surface area contributed by atoms with Crippen molar-refractivity contribution in [2.24, 2.45) is 0 Å². The minimum Gasteiger partial charge on any atom is -0.395 e. The predicted octanol–water partition coefficient (Wildman–Crippen LogP) is -0.656. The van der Waals surface area contributed by atoms with Crippen molar-refractivity contribution >= 4 is 16.3 Å². The number of rotatable bonds is 3. The first kappa shape index (κ1) is 12.7. The van der Waals surface area contributed by atoms with Crippen molar-refractivity contribution in [1.29, 1.82) is 0 Å². The van der Waals surface area contributed by atoms with Gasteiger partial charge in [-0.15, -0.1) is 0 Å². The van der Waals surface area contributed by atoms with Gasteiger partial charge in [-0.2, -0.15) is 9.61 Å².